The van der Waals surface area contributed by atoms with E-state index < -0.39 is 22.6 Å². The van der Waals surface area contributed by atoms with Gasteiger partial charge in [-0.25, -0.2) is 4.79 Å². The van der Waals surface area contributed by atoms with Crippen LogP contribution < -0.4 is 0 Å². The van der Waals surface area contributed by atoms with Crippen molar-refractivity contribution in [3.63, 3.8) is 0 Å². The zero-order chi connectivity index (χ0) is 14.9. The largest absolute Gasteiger partial charge is 0.478 e. The van der Waals surface area contributed by atoms with Gasteiger partial charge in [-0.15, -0.1) is 0 Å². The lowest BCUT2D eigenvalue weighted by Crippen LogP contribution is -2.62. The van der Waals surface area contributed by atoms with E-state index in [1.54, 1.807) is 26.0 Å². The second-order valence-corrected chi connectivity index (χ2v) is 6.34. The lowest BCUT2D eigenvalue weighted by molar-refractivity contribution is -0.194. The molecule has 1 fully saturated rings. The van der Waals surface area contributed by atoms with E-state index in [0.717, 1.165) is 18.9 Å². The Balaban J connectivity index is 3.11. The molecular weight excluding hydrogens is 244 g/mol. The molecule has 0 bridgehead atoms. The van der Waals surface area contributed by atoms with Gasteiger partial charge in [-0.2, -0.15) is 0 Å². The molecule has 4 heteroatoms. The molecule has 0 aliphatic heterocycles. The summed E-state index contributed by atoms with van der Waals surface area (Å²) in [4.78, 5) is 10.6. The van der Waals surface area contributed by atoms with Crippen molar-refractivity contribution in [1.29, 1.82) is 0 Å². The first kappa shape index (κ1) is 15.9. The van der Waals surface area contributed by atoms with E-state index in [9.17, 15) is 15.0 Å². The van der Waals surface area contributed by atoms with Crippen molar-refractivity contribution in [1.82, 2.24) is 0 Å². The van der Waals surface area contributed by atoms with Crippen molar-refractivity contribution in [3.8, 4) is 0 Å². The van der Waals surface area contributed by atoms with Crippen LogP contribution in [0.25, 0.3) is 0 Å². The molecule has 108 valence electrons. The second kappa shape index (κ2) is 5.10. The average Bonchev–Trinajstić information content (AvgIpc) is 2.22. The number of hydrogen-bond donors (Lipinski definition) is 3. The Kier molecular flexibility index (Phi) is 4.27. The lowest BCUT2D eigenvalue weighted by atomic mass is 9.58. The van der Waals surface area contributed by atoms with Gasteiger partial charge in [0.1, 0.15) is 5.60 Å². The van der Waals surface area contributed by atoms with E-state index in [-0.39, 0.29) is 0 Å². The van der Waals surface area contributed by atoms with Crippen molar-refractivity contribution >= 4 is 5.97 Å². The summed E-state index contributed by atoms with van der Waals surface area (Å²) < 4.78 is 0. The monoisotopic (exact) mass is 268 g/mol. The molecule has 0 amide bonds. The molecule has 0 spiro atoms. The maximum absolute atomic E-state index is 10.9. The van der Waals surface area contributed by atoms with Crippen LogP contribution in [0.15, 0.2) is 23.8 Å². The van der Waals surface area contributed by atoms with Crippen LogP contribution in [0, 0.1) is 5.41 Å². The Hall–Kier alpha value is -1.13. The molecule has 1 aliphatic rings. The first-order chi connectivity index (χ1) is 8.52. The molecule has 1 saturated carbocycles. The minimum Gasteiger partial charge on any atom is -0.478 e. The molecule has 0 aromatic rings. The highest BCUT2D eigenvalue weighted by Gasteiger charge is 2.56. The molecule has 1 rings (SSSR count). The van der Waals surface area contributed by atoms with Gasteiger partial charge in [-0.1, -0.05) is 19.9 Å². The Bertz CT molecular complexity index is 400. The molecular formula is C15H24O4. The standard InChI is InChI=1S/C15H24O4/c1-11(10-12(16)17)6-9-15(19)13(2,3)7-5-8-14(15,4)18/h6,9-10,18-19H,5,7-8H2,1-4H3,(H,16,17)/b9-6+,11-10+/t14-,15-/m1/s1. The molecule has 0 aromatic carbocycles. The van der Waals surface area contributed by atoms with Gasteiger partial charge in [0.2, 0.25) is 0 Å². The molecule has 1 aliphatic carbocycles. The molecule has 0 saturated heterocycles. The summed E-state index contributed by atoms with van der Waals surface area (Å²) >= 11 is 0. The smallest absolute Gasteiger partial charge is 0.328 e. The van der Waals surface area contributed by atoms with E-state index in [0.29, 0.717) is 12.0 Å². The summed E-state index contributed by atoms with van der Waals surface area (Å²) in [6.07, 6.45) is 6.38. The summed E-state index contributed by atoms with van der Waals surface area (Å²) in [7, 11) is 0. The number of carboxylic acid groups (broad SMARTS) is 1. The van der Waals surface area contributed by atoms with Crippen molar-refractivity contribution < 1.29 is 20.1 Å². The minimum atomic E-state index is -1.37. The maximum atomic E-state index is 10.9. The van der Waals surface area contributed by atoms with Crippen molar-refractivity contribution in [2.24, 2.45) is 5.41 Å². The summed E-state index contributed by atoms with van der Waals surface area (Å²) in [6.45, 7) is 7.12. The first-order valence-electron chi connectivity index (χ1n) is 6.57. The number of carboxylic acids is 1. The normalized spacial score (nSPS) is 35.6. The van der Waals surface area contributed by atoms with Crippen molar-refractivity contribution in [3.05, 3.63) is 23.8 Å². The zero-order valence-corrected chi connectivity index (χ0v) is 12.1. The Morgan fingerprint density at radius 2 is 1.74 bits per heavy atom. The van der Waals surface area contributed by atoms with Crippen molar-refractivity contribution in [2.45, 2.75) is 58.2 Å². The van der Waals surface area contributed by atoms with E-state index in [1.807, 2.05) is 13.8 Å². The third kappa shape index (κ3) is 3.07. The van der Waals surface area contributed by atoms with Gasteiger partial charge in [0.15, 0.2) is 0 Å². The van der Waals surface area contributed by atoms with Gasteiger partial charge in [0, 0.05) is 6.08 Å². The first-order valence-corrected chi connectivity index (χ1v) is 6.57. The van der Waals surface area contributed by atoms with E-state index in [1.165, 1.54) is 0 Å². The highest BCUT2D eigenvalue weighted by atomic mass is 16.4. The van der Waals surface area contributed by atoms with Gasteiger partial charge in [0.05, 0.1) is 5.60 Å². The minimum absolute atomic E-state index is 0.464. The molecule has 0 radical (unpaired) electrons. The third-order valence-electron chi connectivity index (χ3n) is 4.26. The molecule has 2 atom stereocenters. The van der Waals surface area contributed by atoms with Crippen molar-refractivity contribution in [2.75, 3.05) is 0 Å². The fourth-order valence-corrected chi connectivity index (χ4v) is 2.88. The van der Waals surface area contributed by atoms with Crippen LogP contribution in [0.4, 0.5) is 0 Å². The SMILES string of the molecule is CC(/C=C/[C@@]1(O)C(C)(C)CCC[C@@]1(C)O)=C\C(=O)O. The highest BCUT2D eigenvalue weighted by Crippen LogP contribution is 2.50. The molecule has 19 heavy (non-hydrogen) atoms. The number of hydrogen-bond acceptors (Lipinski definition) is 3. The van der Waals surface area contributed by atoms with Crippen LogP contribution in [-0.4, -0.2) is 32.5 Å². The molecule has 4 nitrogen and oxygen atoms in total. The lowest BCUT2D eigenvalue weighted by Gasteiger charge is -2.53. The van der Waals surface area contributed by atoms with E-state index >= 15 is 0 Å². The maximum Gasteiger partial charge on any atom is 0.328 e. The molecule has 0 aromatic heterocycles. The number of aliphatic carboxylic acids is 1. The Morgan fingerprint density at radius 3 is 2.21 bits per heavy atom. The summed E-state index contributed by atoms with van der Waals surface area (Å²) in [5.74, 6) is -1.02. The van der Waals surface area contributed by atoms with Crippen LogP contribution in [-0.2, 0) is 4.79 Å². The van der Waals surface area contributed by atoms with Crippen LogP contribution in [0.3, 0.4) is 0 Å². The predicted octanol–water partition coefficient (Wildman–Crippen LogP) is 2.27. The Morgan fingerprint density at radius 1 is 1.16 bits per heavy atom. The summed E-state index contributed by atoms with van der Waals surface area (Å²) in [5.41, 5.74) is -2.52. The molecule has 0 unspecified atom stereocenters. The molecule has 0 heterocycles. The second-order valence-electron chi connectivity index (χ2n) is 6.34. The number of aliphatic hydroxyl groups is 2. The highest BCUT2D eigenvalue weighted by molar-refractivity contribution is 5.81. The van der Waals surface area contributed by atoms with Gasteiger partial charge in [0.25, 0.3) is 0 Å². The van der Waals surface area contributed by atoms with Gasteiger partial charge in [-0.3, -0.25) is 0 Å². The summed E-state index contributed by atoms with van der Waals surface area (Å²) in [5, 5.41) is 30.1. The van der Waals surface area contributed by atoms with Gasteiger partial charge >= 0.3 is 5.97 Å². The average molecular weight is 268 g/mol. The summed E-state index contributed by atoms with van der Waals surface area (Å²) in [6, 6.07) is 0. The number of carbonyl (C=O) groups is 1. The third-order valence-corrected chi connectivity index (χ3v) is 4.26. The van der Waals surface area contributed by atoms with E-state index in [4.69, 9.17) is 5.11 Å². The fourth-order valence-electron chi connectivity index (χ4n) is 2.88. The molecule has 3 N–H and O–H groups in total. The van der Waals surface area contributed by atoms with Gasteiger partial charge in [-0.05, 0) is 50.2 Å². The fraction of sp³-hybridized carbons (Fsp3) is 0.667. The Labute approximate surface area is 114 Å². The number of allylic oxidation sites excluding steroid dienone is 2. The van der Waals surface area contributed by atoms with Crippen LogP contribution in [0.1, 0.15) is 47.0 Å². The van der Waals surface area contributed by atoms with Crippen LogP contribution >= 0.6 is 0 Å². The quantitative estimate of drug-likeness (QED) is 0.542. The van der Waals surface area contributed by atoms with Crippen LogP contribution in [0.5, 0.6) is 0 Å². The number of rotatable bonds is 3. The zero-order valence-electron chi connectivity index (χ0n) is 12.1. The topological polar surface area (TPSA) is 77.8 Å². The van der Waals surface area contributed by atoms with E-state index in [2.05, 4.69) is 0 Å². The predicted molar refractivity (Wildman–Crippen MR) is 73.7 cm³/mol. The van der Waals surface area contributed by atoms with Crippen LogP contribution in [0.2, 0.25) is 0 Å². The van der Waals surface area contributed by atoms with Gasteiger partial charge < -0.3 is 15.3 Å².